The Hall–Kier alpha value is -4.06. The van der Waals surface area contributed by atoms with Crippen molar-refractivity contribution < 1.29 is 19.8 Å². The second kappa shape index (κ2) is 16.5. The van der Waals surface area contributed by atoms with Gasteiger partial charge in [0.1, 0.15) is 10.6 Å². The van der Waals surface area contributed by atoms with E-state index in [9.17, 15) is 14.7 Å². The topological polar surface area (TPSA) is 139 Å². The Labute approximate surface area is 257 Å². The number of anilines is 2. The number of amides is 1. The highest BCUT2D eigenvalue weighted by atomic mass is 32.1. The van der Waals surface area contributed by atoms with Gasteiger partial charge in [-0.3, -0.25) is 10.2 Å². The molecule has 1 aromatic heterocycles. The highest BCUT2D eigenvalue weighted by molar-refractivity contribution is 7.12. The van der Waals surface area contributed by atoms with Crippen molar-refractivity contribution in [3.05, 3.63) is 63.8 Å². The fraction of sp³-hybridized carbons (Fsp3) is 0.375. The molecule has 2 heterocycles. The molecule has 5 rings (SSSR count). The molecule has 1 aliphatic heterocycles. The molecule has 0 radical (unpaired) electrons. The zero-order valence-corrected chi connectivity index (χ0v) is 26.3. The van der Waals surface area contributed by atoms with Crippen LogP contribution in [0.25, 0.3) is 11.1 Å². The van der Waals surface area contributed by atoms with Crippen LogP contribution in [-0.2, 0) is 17.6 Å². The number of carboxylic acids is 1. The van der Waals surface area contributed by atoms with E-state index in [1.807, 2.05) is 18.2 Å². The number of carbonyl (C=O) groups is 2. The van der Waals surface area contributed by atoms with Crippen LogP contribution in [0.4, 0.5) is 11.4 Å². The van der Waals surface area contributed by atoms with E-state index in [0.29, 0.717) is 28.2 Å². The van der Waals surface area contributed by atoms with E-state index in [-0.39, 0.29) is 22.2 Å². The molecule has 0 spiro atoms. The third kappa shape index (κ3) is 8.73. The Bertz CT molecular complexity index is 1460. The molecule has 5 N–H and O–H groups in total. The molecule has 2 aliphatic rings. The van der Waals surface area contributed by atoms with Crippen LogP contribution >= 0.6 is 11.3 Å². The van der Waals surface area contributed by atoms with Gasteiger partial charge in [-0.25, -0.2) is 4.79 Å². The summed E-state index contributed by atoms with van der Waals surface area (Å²) in [5.74, 6) is -1.46. The van der Waals surface area contributed by atoms with Crippen molar-refractivity contribution in [3.8, 4) is 16.9 Å². The Kier molecular flexibility index (Phi) is 12.9. The van der Waals surface area contributed by atoms with E-state index in [1.54, 1.807) is 30.5 Å². The summed E-state index contributed by atoms with van der Waals surface area (Å²) in [6, 6.07) is 12.5. The molecule has 43 heavy (non-hydrogen) atoms. The molecule has 0 bridgehead atoms. The van der Waals surface area contributed by atoms with Crippen molar-refractivity contribution in [1.29, 1.82) is 0 Å². The van der Waals surface area contributed by atoms with Crippen molar-refractivity contribution in [2.75, 3.05) is 36.6 Å². The molecule has 1 amide bonds. The Morgan fingerprint density at radius 2 is 1.67 bits per heavy atom. The van der Waals surface area contributed by atoms with Gasteiger partial charge in [-0.2, -0.15) is 15.2 Å². The molecule has 3 aromatic rings. The van der Waals surface area contributed by atoms with Crippen LogP contribution in [0.3, 0.4) is 0 Å². The molecule has 0 fully saturated rings. The van der Waals surface area contributed by atoms with Crippen molar-refractivity contribution in [2.45, 2.75) is 53.9 Å². The van der Waals surface area contributed by atoms with E-state index in [0.717, 1.165) is 56.8 Å². The minimum Gasteiger partial charge on any atom is -0.505 e. The van der Waals surface area contributed by atoms with Crippen molar-refractivity contribution in [2.24, 2.45) is 10.2 Å². The van der Waals surface area contributed by atoms with Gasteiger partial charge in [0, 0.05) is 5.56 Å². The lowest BCUT2D eigenvalue weighted by Crippen LogP contribution is -2.28. The van der Waals surface area contributed by atoms with Gasteiger partial charge in [-0.05, 0) is 98.7 Å². The number of phenols is 1. The largest absolute Gasteiger partial charge is 0.505 e. The van der Waals surface area contributed by atoms with Crippen LogP contribution in [0, 0.1) is 0 Å². The number of nitrogens with zero attached hydrogens (tertiary/aromatic N) is 3. The van der Waals surface area contributed by atoms with E-state index >= 15 is 0 Å². The first kappa shape index (κ1) is 33.4. The third-order valence-corrected chi connectivity index (χ3v) is 7.68. The number of hydrogen-bond acceptors (Lipinski definition) is 9. The number of aromatic carboxylic acids is 1. The minimum atomic E-state index is -1.02. The number of fused-ring (bicyclic) bond motifs is 1. The van der Waals surface area contributed by atoms with Gasteiger partial charge in [-0.15, -0.1) is 11.3 Å². The second-order valence-electron chi connectivity index (χ2n) is 9.80. The maximum absolute atomic E-state index is 13.0. The first-order valence-electron chi connectivity index (χ1n) is 14.7. The van der Waals surface area contributed by atoms with E-state index < -0.39 is 5.97 Å². The minimum absolute atomic E-state index is 0.0906. The number of hydrazone groups is 2. The van der Waals surface area contributed by atoms with Crippen LogP contribution in [0.1, 0.15) is 61.8 Å². The molecule has 0 atom stereocenters. The first-order valence-corrected chi connectivity index (χ1v) is 15.5. The van der Waals surface area contributed by atoms with Crippen LogP contribution in [-0.4, -0.2) is 59.7 Å². The predicted molar refractivity (Wildman–Crippen MR) is 177 cm³/mol. The van der Waals surface area contributed by atoms with Crippen molar-refractivity contribution in [3.63, 3.8) is 0 Å². The summed E-state index contributed by atoms with van der Waals surface area (Å²) >= 11 is 1.08. The summed E-state index contributed by atoms with van der Waals surface area (Å²) in [5.41, 5.74) is 8.01. The number of phenolic OH excluding ortho intramolecular Hbond substituents is 1. The summed E-state index contributed by atoms with van der Waals surface area (Å²) < 4.78 is 0. The highest BCUT2D eigenvalue weighted by Gasteiger charge is 2.31. The monoisotopic (exact) mass is 606 g/mol. The standard InChI is InChI=1S/C24H20N4O4S.2C4H11N/c1-13-21(23(30)28(27-13)17-9-8-14-4-2-5-15(14)10-17)26-25-19-7-3-6-18(22(19)29)16-11-20(24(31)32)33-12-16;2*1-3-5-4-2/h3,6-12,25,29H,2,4-5H2,1H3,(H,31,32);2*5H,3-4H2,1-2H3/b26-21-;;. The van der Waals surface area contributed by atoms with Crippen molar-refractivity contribution >= 4 is 46.0 Å². The number of carbonyl (C=O) groups excluding carboxylic acids is 1. The van der Waals surface area contributed by atoms with Gasteiger partial charge in [0.2, 0.25) is 0 Å². The second-order valence-corrected chi connectivity index (χ2v) is 10.7. The quantitative estimate of drug-likeness (QED) is 0.155. The summed E-state index contributed by atoms with van der Waals surface area (Å²) in [6.45, 7) is 14.5. The van der Waals surface area contributed by atoms with E-state index in [2.05, 4.69) is 54.0 Å². The number of benzene rings is 2. The number of nitrogens with one attached hydrogen (secondary N) is 3. The molecule has 0 saturated heterocycles. The number of rotatable bonds is 9. The molecule has 230 valence electrons. The van der Waals surface area contributed by atoms with Gasteiger partial charge in [0.05, 0.1) is 17.1 Å². The molecule has 1 aliphatic carbocycles. The number of aryl methyl sites for hydroxylation is 2. The Morgan fingerprint density at radius 1 is 1.00 bits per heavy atom. The predicted octanol–water partition coefficient (Wildman–Crippen LogP) is 5.73. The fourth-order valence-corrected chi connectivity index (χ4v) is 5.31. The summed E-state index contributed by atoms with van der Waals surface area (Å²) in [4.78, 5) is 24.3. The molecular weight excluding hydrogens is 564 g/mol. The molecule has 10 nitrogen and oxygen atoms in total. The third-order valence-electron chi connectivity index (χ3n) is 6.76. The average molecular weight is 607 g/mol. The number of aromatic hydroxyl groups is 1. The fourth-order valence-electron chi connectivity index (χ4n) is 4.56. The molecule has 11 heteroatoms. The maximum atomic E-state index is 13.0. The van der Waals surface area contributed by atoms with Gasteiger partial charge < -0.3 is 20.8 Å². The van der Waals surface area contributed by atoms with Crippen molar-refractivity contribution in [1.82, 2.24) is 10.6 Å². The molecular formula is C32H42N6O4S. The Balaban J connectivity index is 0.000000440. The average Bonchev–Trinajstić information content (AvgIpc) is 3.73. The van der Waals surface area contributed by atoms with Gasteiger partial charge in [0.15, 0.2) is 5.71 Å². The van der Waals surface area contributed by atoms with E-state index in [4.69, 9.17) is 5.11 Å². The number of thiophene rings is 1. The summed E-state index contributed by atoms with van der Waals surface area (Å²) in [5, 5.41) is 37.7. The van der Waals surface area contributed by atoms with Crippen LogP contribution < -0.4 is 21.1 Å². The van der Waals surface area contributed by atoms with Gasteiger partial charge >= 0.3 is 11.9 Å². The maximum Gasteiger partial charge on any atom is 0.345 e. The number of hydrogen-bond donors (Lipinski definition) is 5. The normalized spacial score (nSPS) is 14.4. The lowest BCUT2D eigenvalue weighted by atomic mass is 10.1. The Morgan fingerprint density at radius 3 is 2.28 bits per heavy atom. The smallest absolute Gasteiger partial charge is 0.345 e. The van der Waals surface area contributed by atoms with Gasteiger partial charge in [0.25, 0.3) is 0 Å². The highest BCUT2D eigenvalue weighted by Crippen LogP contribution is 2.37. The molecule has 0 unspecified atom stereocenters. The zero-order chi connectivity index (χ0) is 31.4. The first-order chi connectivity index (χ1) is 20.7. The lowest BCUT2D eigenvalue weighted by molar-refractivity contribution is -0.112. The number of carboxylic acid groups (broad SMARTS) is 1. The summed E-state index contributed by atoms with van der Waals surface area (Å²) in [7, 11) is 0. The molecule has 0 saturated carbocycles. The molecule has 2 aromatic carbocycles. The van der Waals surface area contributed by atoms with Gasteiger partial charge in [-0.1, -0.05) is 45.9 Å². The van der Waals surface area contributed by atoms with Crippen LogP contribution in [0.5, 0.6) is 5.75 Å². The lowest BCUT2D eigenvalue weighted by Gasteiger charge is -2.13. The van der Waals surface area contributed by atoms with E-state index in [1.165, 1.54) is 22.2 Å². The zero-order valence-electron chi connectivity index (χ0n) is 25.5. The summed E-state index contributed by atoms with van der Waals surface area (Å²) in [6.07, 6.45) is 3.19. The van der Waals surface area contributed by atoms with Crippen LogP contribution in [0.2, 0.25) is 0 Å². The SMILES string of the molecule is CC1=NN(c2ccc3c(c2)CCC3)C(=O)/C1=N\Nc1cccc(-c2csc(C(=O)O)c2)c1O.CCNCC.CCNCC. The van der Waals surface area contributed by atoms with Crippen LogP contribution in [0.15, 0.2) is 58.0 Å². The number of para-hydroxylation sites is 1.